The molecule has 50 heavy (non-hydrogen) atoms. The second kappa shape index (κ2) is 15.2. The maximum Gasteiger partial charge on any atom is 0.121 e. The van der Waals surface area contributed by atoms with Crippen LogP contribution in [0.2, 0.25) is 0 Å². The molecule has 3 nitrogen and oxygen atoms in total. The average Bonchev–Trinajstić information content (AvgIpc) is 3.60. The third-order valence-corrected chi connectivity index (χ3v) is 8.97. The molecule has 0 saturated carbocycles. The summed E-state index contributed by atoms with van der Waals surface area (Å²) >= 11 is 0. The molecule has 0 amide bonds. The van der Waals surface area contributed by atoms with E-state index in [1.54, 1.807) is 42.7 Å². The fourth-order valence-corrected chi connectivity index (χ4v) is 6.56. The minimum atomic E-state index is -2.26. The third-order valence-electron chi connectivity index (χ3n) is 8.97. The van der Waals surface area contributed by atoms with Crippen LogP contribution in [0.25, 0.3) is 55.6 Å². The van der Waals surface area contributed by atoms with Crippen LogP contribution in [0.1, 0.15) is 47.5 Å². The van der Waals surface area contributed by atoms with Crippen LogP contribution < -0.4 is 0 Å². The number of aryl methyl sites for hydroxylation is 3. The van der Waals surface area contributed by atoms with Crippen molar-refractivity contribution in [3.8, 4) is 33.6 Å². The molecule has 1 aliphatic rings. The van der Waals surface area contributed by atoms with Gasteiger partial charge in [0.15, 0.2) is 0 Å². The average molecular weight is 830 g/mol. The van der Waals surface area contributed by atoms with Gasteiger partial charge in [-0.05, 0) is 95.8 Å². The standard InChI is InChI=1S/C28H22NO.C18H14N.Ir/c1-18-15-25(29-17-24(18)19-7-3-2-4-8-19)21-12-13-26-23(16-21)28-22-10-6-5-9-20(22)11-14-27(28)30-26;1-3-7-15(8-4-1)13-16-11-12-19-18(14-16)17-9-5-2-6-10-17;/h2-4,7-8,11,13-17H,5-6,9-10H2,1H3;1-9,11-12,14H,13H2;/q2*-1;/i1D3;13D2;. The number of rotatable bonds is 5. The summed E-state index contributed by atoms with van der Waals surface area (Å²) in [6, 6.07) is 46.0. The number of hydrogen-bond acceptors (Lipinski definition) is 3. The Balaban J connectivity index is 0.000000183. The second-order valence-corrected chi connectivity index (χ2v) is 12.2. The summed E-state index contributed by atoms with van der Waals surface area (Å²) in [5.41, 5.74) is 10.4. The smallest absolute Gasteiger partial charge is 0.121 e. The first-order chi connectivity index (χ1) is 26.2. The van der Waals surface area contributed by atoms with Gasteiger partial charge in [0.2, 0.25) is 0 Å². The molecule has 3 aromatic heterocycles. The number of hydrogen-bond donors (Lipinski definition) is 0. The Morgan fingerprint density at radius 1 is 0.740 bits per heavy atom. The number of benzene rings is 5. The van der Waals surface area contributed by atoms with Crippen molar-refractivity contribution in [2.24, 2.45) is 0 Å². The zero-order valence-corrected chi connectivity index (χ0v) is 29.6. The Labute approximate surface area is 314 Å². The van der Waals surface area contributed by atoms with Crippen molar-refractivity contribution in [1.82, 2.24) is 9.97 Å². The number of nitrogens with zero attached hydrogens (tertiary/aromatic N) is 2. The SMILES string of the molecule is [2H]C([2H])([2H])c1cc(-c2[c-]cc3oc4ccc5c(c4c3c2)CCCC5)ncc1-c1ccccc1.[2H]C([2H])(c1ccccc1)c1ccnc(-c2[c-]cccc2)c1.[Ir]. The molecular weight excluding hydrogens is 789 g/mol. The Hall–Kier alpha value is -5.15. The Kier molecular flexibility index (Phi) is 8.39. The van der Waals surface area contributed by atoms with Gasteiger partial charge in [-0.3, -0.25) is 0 Å². The van der Waals surface area contributed by atoms with Gasteiger partial charge in [0.25, 0.3) is 0 Å². The molecular formula is C46H36IrN2O-2. The summed E-state index contributed by atoms with van der Waals surface area (Å²) in [4.78, 5) is 8.97. The zero-order valence-electron chi connectivity index (χ0n) is 32.2. The summed E-state index contributed by atoms with van der Waals surface area (Å²) < 4.78 is 47.3. The van der Waals surface area contributed by atoms with E-state index in [-0.39, 0.29) is 20.1 Å². The first kappa shape index (κ1) is 27.6. The van der Waals surface area contributed by atoms with Crippen LogP contribution in [0, 0.1) is 19.0 Å². The first-order valence-electron chi connectivity index (χ1n) is 19.1. The van der Waals surface area contributed by atoms with Gasteiger partial charge < -0.3 is 14.4 Å². The fourth-order valence-electron chi connectivity index (χ4n) is 6.56. The molecule has 0 fully saturated rings. The molecule has 1 aliphatic carbocycles. The van der Waals surface area contributed by atoms with Crippen molar-refractivity contribution in [2.75, 3.05) is 0 Å². The van der Waals surface area contributed by atoms with Crippen LogP contribution >= 0.6 is 0 Å². The van der Waals surface area contributed by atoms with E-state index in [1.165, 1.54) is 29.4 Å². The van der Waals surface area contributed by atoms with E-state index in [1.807, 2.05) is 84.9 Å². The topological polar surface area (TPSA) is 38.9 Å². The molecule has 0 aliphatic heterocycles. The predicted octanol–water partition coefficient (Wildman–Crippen LogP) is 11.4. The molecule has 8 aromatic rings. The van der Waals surface area contributed by atoms with Gasteiger partial charge in [-0.15, -0.1) is 59.7 Å². The van der Waals surface area contributed by atoms with Crippen molar-refractivity contribution in [3.05, 3.63) is 180 Å². The maximum atomic E-state index is 8.40. The number of fused-ring (bicyclic) bond motifs is 5. The normalized spacial score (nSPS) is 14.1. The molecule has 247 valence electrons. The van der Waals surface area contributed by atoms with E-state index in [0.29, 0.717) is 27.9 Å². The molecule has 1 radical (unpaired) electrons. The van der Waals surface area contributed by atoms with Crippen LogP contribution in [0.4, 0.5) is 0 Å². The number of aromatic nitrogens is 2. The van der Waals surface area contributed by atoms with E-state index in [4.69, 9.17) is 11.3 Å². The minimum Gasteiger partial charge on any atom is -0.500 e. The van der Waals surface area contributed by atoms with E-state index >= 15 is 0 Å². The van der Waals surface area contributed by atoms with Crippen molar-refractivity contribution >= 4 is 21.9 Å². The number of furan rings is 1. The summed E-state index contributed by atoms with van der Waals surface area (Å²) in [7, 11) is 0. The molecule has 0 N–H and O–H groups in total. The van der Waals surface area contributed by atoms with Crippen molar-refractivity contribution in [3.63, 3.8) is 0 Å². The van der Waals surface area contributed by atoms with Gasteiger partial charge in [0.1, 0.15) is 5.58 Å². The minimum absolute atomic E-state index is 0. The Morgan fingerprint density at radius 2 is 1.54 bits per heavy atom. The largest absolute Gasteiger partial charge is 0.500 e. The van der Waals surface area contributed by atoms with E-state index in [2.05, 4.69) is 34.2 Å². The van der Waals surface area contributed by atoms with Gasteiger partial charge >= 0.3 is 0 Å². The van der Waals surface area contributed by atoms with Crippen LogP contribution in [0.15, 0.2) is 144 Å². The quantitative estimate of drug-likeness (QED) is 0.162. The summed E-state index contributed by atoms with van der Waals surface area (Å²) in [5, 5.41) is 2.22. The monoisotopic (exact) mass is 830 g/mol. The van der Waals surface area contributed by atoms with Crippen LogP contribution in [-0.4, -0.2) is 9.97 Å². The van der Waals surface area contributed by atoms with E-state index in [9.17, 15) is 0 Å². The van der Waals surface area contributed by atoms with Crippen LogP contribution in [0.5, 0.6) is 0 Å². The Bertz CT molecular complexity index is 2570. The van der Waals surface area contributed by atoms with Gasteiger partial charge in [0, 0.05) is 50.3 Å². The van der Waals surface area contributed by atoms with Crippen molar-refractivity contribution in [2.45, 2.75) is 38.9 Å². The van der Waals surface area contributed by atoms with Gasteiger partial charge in [-0.2, -0.15) is 0 Å². The summed E-state index contributed by atoms with van der Waals surface area (Å²) in [6.45, 7) is -2.26. The van der Waals surface area contributed by atoms with Gasteiger partial charge in [-0.1, -0.05) is 84.2 Å². The second-order valence-electron chi connectivity index (χ2n) is 12.2. The number of pyridine rings is 2. The predicted molar refractivity (Wildman–Crippen MR) is 200 cm³/mol. The molecule has 5 aromatic carbocycles. The zero-order chi connectivity index (χ0) is 37.3. The van der Waals surface area contributed by atoms with Crippen molar-refractivity contribution < 1.29 is 31.4 Å². The van der Waals surface area contributed by atoms with Gasteiger partial charge in [0.05, 0.1) is 5.58 Å². The van der Waals surface area contributed by atoms with Gasteiger partial charge in [-0.25, -0.2) is 0 Å². The maximum absolute atomic E-state index is 8.40. The molecule has 0 spiro atoms. The summed E-state index contributed by atoms with van der Waals surface area (Å²) in [6.07, 6.45) is 6.34. The fraction of sp³-hybridized carbons (Fsp3) is 0.130. The first-order valence-corrected chi connectivity index (χ1v) is 16.6. The van der Waals surface area contributed by atoms with E-state index < -0.39 is 13.2 Å². The summed E-state index contributed by atoms with van der Waals surface area (Å²) in [5.74, 6) is 0. The molecule has 4 heteroatoms. The third kappa shape index (κ3) is 7.09. The van der Waals surface area contributed by atoms with Crippen LogP contribution in [0.3, 0.4) is 0 Å². The molecule has 0 saturated heterocycles. The van der Waals surface area contributed by atoms with Crippen LogP contribution in [-0.2, 0) is 39.3 Å². The molecule has 0 bridgehead atoms. The van der Waals surface area contributed by atoms with Crippen molar-refractivity contribution in [1.29, 1.82) is 0 Å². The van der Waals surface area contributed by atoms with E-state index in [0.717, 1.165) is 51.8 Å². The molecule has 9 rings (SSSR count). The Morgan fingerprint density at radius 3 is 2.36 bits per heavy atom. The molecule has 0 atom stereocenters. The molecule has 3 heterocycles. The molecule has 0 unspecified atom stereocenters.